The van der Waals surface area contributed by atoms with Crippen LogP contribution in [0.1, 0.15) is 45.6 Å². The molecule has 1 aromatic carbocycles. The van der Waals surface area contributed by atoms with Crippen molar-refractivity contribution in [1.29, 1.82) is 0 Å². The van der Waals surface area contributed by atoms with E-state index >= 15 is 0 Å². The fourth-order valence-corrected chi connectivity index (χ4v) is 6.78. The van der Waals surface area contributed by atoms with Crippen molar-refractivity contribution in [1.82, 2.24) is 10.2 Å². The molecule has 2 bridgehead atoms. The summed E-state index contributed by atoms with van der Waals surface area (Å²) in [5, 5.41) is 13.6. The summed E-state index contributed by atoms with van der Waals surface area (Å²) in [6.45, 7) is 9.24. The summed E-state index contributed by atoms with van der Waals surface area (Å²) in [5.41, 5.74) is 1.04. The van der Waals surface area contributed by atoms with Crippen LogP contribution in [-0.2, 0) is 15.7 Å². The van der Waals surface area contributed by atoms with Crippen LogP contribution in [0.4, 0.5) is 4.79 Å². The summed E-state index contributed by atoms with van der Waals surface area (Å²) >= 11 is 0. The number of benzene rings is 1. The van der Waals surface area contributed by atoms with Crippen molar-refractivity contribution >= 4 is 13.2 Å². The third-order valence-corrected chi connectivity index (χ3v) is 8.83. The molecule has 1 aromatic rings. The summed E-state index contributed by atoms with van der Waals surface area (Å²) in [6, 6.07) is 10.1. The zero-order valence-corrected chi connectivity index (χ0v) is 18.9. The van der Waals surface area contributed by atoms with E-state index in [1.54, 1.807) is 4.90 Å². The van der Waals surface area contributed by atoms with E-state index in [0.29, 0.717) is 30.7 Å². The minimum absolute atomic E-state index is 0.0522. The van der Waals surface area contributed by atoms with Gasteiger partial charge < -0.3 is 24.6 Å². The second-order valence-corrected chi connectivity index (χ2v) is 10.9. The molecular weight excluding hydrogens is 391 g/mol. The van der Waals surface area contributed by atoms with Crippen molar-refractivity contribution in [2.75, 3.05) is 19.6 Å². The van der Waals surface area contributed by atoms with Gasteiger partial charge in [0.15, 0.2) is 0 Å². The molecule has 3 aliphatic carbocycles. The lowest BCUT2D eigenvalue weighted by Crippen LogP contribution is -2.65. The van der Waals surface area contributed by atoms with E-state index in [1.807, 2.05) is 18.2 Å². The number of rotatable bonds is 6. The zero-order valence-electron chi connectivity index (χ0n) is 18.9. The maximum Gasteiger partial charge on any atom is 0.482 e. The second-order valence-electron chi connectivity index (χ2n) is 10.9. The molecular formula is C24H35BN2O4. The number of hydrogen-bond donors (Lipinski definition) is 2. The van der Waals surface area contributed by atoms with Crippen LogP contribution < -0.4 is 5.32 Å². The number of amides is 1. The van der Waals surface area contributed by atoms with Gasteiger partial charge in [-0.15, -0.1) is 0 Å². The predicted octanol–water partition coefficient (Wildman–Crippen LogP) is 3.45. The first kappa shape index (κ1) is 21.3. The Labute approximate surface area is 185 Å². The van der Waals surface area contributed by atoms with Crippen LogP contribution >= 0.6 is 0 Å². The molecule has 2 heterocycles. The van der Waals surface area contributed by atoms with Crippen LogP contribution in [-0.4, -0.2) is 60.5 Å². The minimum Gasteiger partial charge on any atom is -0.465 e. The highest BCUT2D eigenvalue weighted by Crippen LogP contribution is 2.65. The van der Waals surface area contributed by atoms with Crippen molar-refractivity contribution in [2.45, 2.75) is 64.1 Å². The summed E-state index contributed by atoms with van der Waals surface area (Å²) in [7, 11) is -0.532. The minimum atomic E-state index is -0.885. The third-order valence-electron chi connectivity index (χ3n) is 8.83. The van der Waals surface area contributed by atoms with Crippen LogP contribution in [0.25, 0.3) is 0 Å². The van der Waals surface area contributed by atoms with Crippen molar-refractivity contribution in [3.05, 3.63) is 35.9 Å². The molecule has 1 unspecified atom stereocenters. The summed E-state index contributed by atoms with van der Waals surface area (Å²) in [5.74, 6) is 1.11. The highest BCUT2D eigenvalue weighted by atomic mass is 16.7. The average molecular weight is 426 g/mol. The third kappa shape index (κ3) is 3.59. The average Bonchev–Trinajstić information content (AvgIpc) is 3.37. The number of hydrogen-bond acceptors (Lipinski definition) is 4. The summed E-state index contributed by atoms with van der Waals surface area (Å²) in [6.07, 6.45) is 2.97. The quantitative estimate of drug-likeness (QED) is 0.682. The van der Waals surface area contributed by atoms with Crippen molar-refractivity contribution in [3.63, 3.8) is 0 Å². The molecule has 5 fully saturated rings. The number of carboxylic acid groups (broad SMARTS) is 1. The number of nitrogens with zero attached hydrogens (tertiary/aromatic N) is 1. The van der Waals surface area contributed by atoms with Crippen LogP contribution in [0.2, 0.25) is 0 Å². The van der Waals surface area contributed by atoms with Crippen LogP contribution in [0.5, 0.6) is 0 Å². The molecule has 3 saturated carbocycles. The van der Waals surface area contributed by atoms with Gasteiger partial charge in [0.1, 0.15) is 0 Å². The van der Waals surface area contributed by atoms with Gasteiger partial charge in [0, 0.05) is 6.54 Å². The van der Waals surface area contributed by atoms with Gasteiger partial charge in [-0.2, -0.15) is 0 Å². The van der Waals surface area contributed by atoms with Gasteiger partial charge >= 0.3 is 13.2 Å². The van der Waals surface area contributed by atoms with E-state index in [-0.39, 0.29) is 23.1 Å². The van der Waals surface area contributed by atoms with E-state index < -0.39 is 13.2 Å². The van der Waals surface area contributed by atoms with Gasteiger partial charge in [0.05, 0.1) is 17.6 Å². The van der Waals surface area contributed by atoms with Gasteiger partial charge in [-0.25, -0.2) is 4.79 Å². The highest BCUT2D eigenvalue weighted by molar-refractivity contribution is 6.47. The van der Waals surface area contributed by atoms with Crippen molar-refractivity contribution < 1.29 is 19.2 Å². The lowest BCUT2D eigenvalue weighted by molar-refractivity contribution is -0.199. The first-order chi connectivity index (χ1) is 14.8. The smallest absolute Gasteiger partial charge is 0.465 e. The van der Waals surface area contributed by atoms with Gasteiger partial charge in [-0.3, -0.25) is 0 Å². The molecule has 6 rings (SSSR count). The molecule has 1 amide bonds. The van der Waals surface area contributed by atoms with Crippen LogP contribution in [0.15, 0.2) is 30.3 Å². The van der Waals surface area contributed by atoms with Gasteiger partial charge in [-0.05, 0) is 74.4 Å². The number of carbonyl (C=O) groups is 1. The Hall–Kier alpha value is -1.57. The lowest BCUT2D eigenvalue weighted by Gasteiger charge is -2.64. The molecule has 5 aliphatic rings. The monoisotopic (exact) mass is 426 g/mol. The second kappa shape index (κ2) is 7.78. The van der Waals surface area contributed by atoms with Crippen molar-refractivity contribution in [2.24, 2.45) is 23.2 Å². The normalized spacial score (nSPS) is 36.5. The Morgan fingerprint density at radius 3 is 2.71 bits per heavy atom. The van der Waals surface area contributed by atoms with Gasteiger partial charge in [0.2, 0.25) is 0 Å². The maximum absolute atomic E-state index is 12.4. The van der Waals surface area contributed by atoms with Crippen molar-refractivity contribution in [3.8, 4) is 0 Å². The molecule has 7 heteroatoms. The van der Waals surface area contributed by atoms with E-state index in [0.717, 1.165) is 31.5 Å². The lowest BCUT2D eigenvalue weighted by atomic mass is 9.43. The first-order valence-corrected chi connectivity index (χ1v) is 11.9. The Bertz CT molecular complexity index is 815. The topological polar surface area (TPSA) is 71.0 Å². The molecule has 2 aliphatic heterocycles. The Morgan fingerprint density at radius 1 is 1.29 bits per heavy atom. The highest BCUT2D eigenvalue weighted by Gasteiger charge is 2.68. The number of nitrogens with one attached hydrogen (secondary N) is 1. The van der Waals surface area contributed by atoms with E-state index in [1.165, 1.54) is 6.42 Å². The molecule has 2 saturated heterocycles. The maximum atomic E-state index is 12.4. The molecule has 0 radical (unpaired) electrons. The Kier molecular flexibility index (Phi) is 5.35. The van der Waals surface area contributed by atoms with Crippen LogP contribution in [0.3, 0.4) is 0 Å². The molecule has 2 N–H and O–H groups in total. The summed E-state index contributed by atoms with van der Waals surface area (Å²) in [4.78, 5) is 14.0. The molecule has 31 heavy (non-hydrogen) atoms. The molecule has 6 nitrogen and oxygen atoms in total. The van der Waals surface area contributed by atoms with Gasteiger partial charge in [-0.1, -0.05) is 44.2 Å². The Balaban J connectivity index is 1.42. The molecule has 0 aromatic heterocycles. The molecule has 6 atom stereocenters. The fraction of sp³-hybridized carbons (Fsp3) is 0.708. The standard InChI is InChI=1S/C24H35BN2O4/c1-23(2)18-12-19(23)24(3)20(13-18)30-25(31-24)21(11-16-7-5-4-6-8-16)27(22(28)29)15-17-9-10-26-14-17/h4-8,17-21,26H,9-15H2,1-3H3,(H,28,29)/t17?,18-,19-,20+,21-,24-/m0/s1. The van der Waals surface area contributed by atoms with E-state index in [9.17, 15) is 9.90 Å². The first-order valence-electron chi connectivity index (χ1n) is 11.9. The van der Waals surface area contributed by atoms with E-state index in [2.05, 4.69) is 38.2 Å². The van der Waals surface area contributed by atoms with Gasteiger partial charge in [0.25, 0.3) is 0 Å². The SMILES string of the molecule is CC1(C)[C@@H]2C[C@H]3OB([C@H](Cc4ccccc4)N(CC4CCNC4)C(=O)O)O[C@@]3(C)[C@H]1C2. The zero-order chi connectivity index (χ0) is 21.8. The van der Waals surface area contributed by atoms with E-state index in [4.69, 9.17) is 9.31 Å². The van der Waals surface area contributed by atoms with Crippen LogP contribution in [0, 0.1) is 23.2 Å². The fourth-order valence-electron chi connectivity index (χ4n) is 6.78. The molecule has 168 valence electrons. The predicted molar refractivity (Wildman–Crippen MR) is 120 cm³/mol. The largest absolute Gasteiger partial charge is 0.482 e. The molecule has 0 spiro atoms. The Morgan fingerprint density at radius 2 is 2.06 bits per heavy atom. The summed E-state index contributed by atoms with van der Waals surface area (Å²) < 4.78 is 13.3.